The Morgan fingerprint density at radius 3 is 1.96 bits per heavy atom. The maximum Gasteiger partial charge on any atom is 0.329 e. The van der Waals surface area contributed by atoms with E-state index >= 15 is 0 Å². The number of carbonyl (C=O) groups excluding carboxylic acids is 6. The lowest BCUT2D eigenvalue weighted by Crippen LogP contribution is -2.63. The molecule has 2 rings (SSSR count). The van der Waals surface area contributed by atoms with Gasteiger partial charge in [-0.05, 0) is 55.3 Å². The first-order chi connectivity index (χ1) is 21.4. The zero-order valence-corrected chi connectivity index (χ0v) is 30.6. The Balaban J connectivity index is 2.35. The minimum Gasteiger partial charge on any atom is -0.458 e. The molecule has 0 aromatic carbocycles. The zero-order valence-electron chi connectivity index (χ0n) is 30.6. The first-order valence-corrected chi connectivity index (χ1v) is 16.7. The number of Topliss-reactive ketones (excluding diaryl/α,β-unsaturated/α-hetero) is 1. The highest BCUT2D eigenvalue weighted by Crippen LogP contribution is 2.65. The lowest BCUT2D eigenvalue weighted by atomic mass is 9.85. The van der Waals surface area contributed by atoms with Gasteiger partial charge in [0, 0.05) is 13.1 Å². The van der Waals surface area contributed by atoms with Crippen LogP contribution < -0.4 is 21.3 Å². The summed E-state index contributed by atoms with van der Waals surface area (Å²) in [6.45, 7) is 26.1. The minimum atomic E-state index is -1.06. The lowest BCUT2D eigenvalue weighted by Gasteiger charge is -2.38. The first-order valence-electron chi connectivity index (χ1n) is 16.7. The number of urea groups is 1. The highest BCUT2D eigenvalue weighted by Gasteiger charge is 2.70. The van der Waals surface area contributed by atoms with Crippen LogP contribution in [0.4, 0.5) is 4.79 Å². The van der Waals surface area contributed by atoms with Crippen molar-refractivity contribution >= 4 is 35.5 Å². The van der Waals surface area contributed by atoms with Gasteiger partial charge in [-0.25, -0.2) is 9.59 Å². The molecule has 4 N–H and O–H groups in total. The number of nitrogens with zero attached hydrogens (tertiary/aromatic N) is 1. The molecule has 0 spiro atoms. The Labute approximate surface area is 280 Å². The number of ether oxygens (including phenoxy) is 1. The predicted octanol–water partition coefficient (Wildman–Crippen LogP) is 3.49. The lowest BCUT2D eigenvalue weighted by molar-refractivity contribution is -0.160. The molecule has 0 aromatic heterocycles. The van der Waals surface area contributed by atoms with Crippen LogP contribution in [0.3, 0.4) is 0 Å². The summed E-state index contributed by atoms with van der Waals surface area (Å²) in [6, 6.07) is -4.72. The Kier molecular flexibility index (Phi) is 12.5. The highest BCUT2D eigenvalue weighted by atomic mass is 16.6. The van der Waals surface area contributed by atoms with Gasteiger partial charge >= 0.3 is 12.0 Å². The van der Waals surface area contributed by atoms with Crippen LogP contribution in [0.1, 0.15) is 102 Å². The van der Waals surface area contributed by atoms with Crippen LogP contribution in [0, 0.1) is 28.1 Å². The highest BCUT2D eigenvalue weighted by molar-refractivity contribution is 6.38. The van der Waals surface area contributed by atoms with Gasteiger partial charge in [0.15, 0.2) is 0 Å². The molecule has 12 heteroatoms. The van der Waals surface area contributed by atoms with Crippen molar-refractivity contribution in [3.63, 3.8) is 0 Å². The summed E-state index contributed by atoms with van der Waals surface area (Å²) in [5, 5.41) is 10.8. The summed E-state index contributed by atoms with van der Waals surface area (Å²) in [7, 11) is 0. The van der Waals surface area contributed by atoms with Crippen molar-refractivity contribution in [3.8, 4) is 0 Å². The second-order valence-electron chi connectivity index (χ2n) is 16.7. The van der Waals surface area contributed by atoms with Crippen molar-refractivity contribution in [3.05, 3.63) is 12.7 Å². The van der Waals surface area contributed by atoms with Gasteiger partial charge in [0.1, 0.15) is 23.7 Å². The van der Waals surface area contributed by atoms with Crippen LogP contribution in [0.25, 0.3) is 0 Å². The molecular formula is C35H59N5O7. The van der Waals surface area contributed by atoms with E-state index in [4.69, 9.17) is 4.74 Å². The molecule has 6 atom stereocenters. The number of nitrogens with one attached hydrogen (secondary N) is 4. The van der Waals surface area contributed by atoms with Crippen LogP contribution in [-0.2, 0) is 28.7 Å². The molecule has 5 amide bonds. The van der Waals surface area contributed by atoms with Gasteiger partial charge in [0.25, 0.3) is 5.91 Å². The summed E-state index contributed by atoms with van der Waals surface area (Å²) in [5.41, 5.74) is -2.44. The molecule has 47 heavy (non-hydrogen) atoms. The molecule has 0 bridgehead atoms. The number of hydrogen-bond donors (Lipinski definition) is 4. The smallest absolute Gasteiger partial charge is 0.329 e. The summed E-state index contributed by atoms with van der Waals surface area (Å²) in [5.74, 6) is -3.20. The number of hydrogen-bond acceptors (Lipinski definition) is 7. The van der Waals surface area contributed by atoms with Gasteiger partial charge in [0.05, 0.1) is 6.04 Å². The normalized spacial score (nSPS) is 22.1. The second kappa shape index (κ2) is 14.8. The van der Waals surface area contributed by atoms with E-state index in [9.17, 15) is 28.8 Å². The molecule has 2 aliphatic rings. The number of esters is 1. The Hall–Kier alpha value is -3.44. The molecule has 2 unspecified atom stereocenters. The van der Waals surface area contributed by atoms with Crippen molar-refractivity contribution in [2.75, 3.05) is 13.1 Å². The van der Waals surface area contributed by atoms with Gasteiger partial charge in [-0.15, -0.1) is 6.58 Å². The number of ketones is 1. The molecule has 1 heterocycles. The van der Waals surface area contributed by atoms with Crippen LogP contribution in [-0.4, -0.2) is 83.3 Å². The van der Waals surface area contributed by atoms with E-state index in [2.05, 4.69) is 27.8 Å². The van der Waals surface area contributed by atoms with Gasteiger partial charge in [-0.3, -0.25) is 19.2 Å². The number of unbranched alkanes of at least 4 members (excludes halogenated alkanes) is 1. The molecule has 2 fully saturated rings. The third-order valence-corrected chi connectivity index (χ3v) is 9.04. The molecule has 0 radical (unpaired) electrons. The van der Waals surface area contributed by atoms with Crippen molar-refractivity contribution < 1.29 is 33.5 Å². The van der Waals surface area contributed by atoms with E-state index in [1.807, 2.05) is 41.5 Å². The average Bonchev–Trinajstić information content (AvgIpc) is 3.25. The van der Waals surface area contributed by atoms with Gasteiger partial charge in [-0.2, -0.15) is 0 Å². The predicted molar refractivity (Wildman–Crippen MR) is 180 cm³/mol. The number of likely N-dealkylation sites (tertiary alicyclic amines) is 1. The minimum absolute atomic E-state index is 0.0507. The molecule has 0 aromatic rings. The van der Waals surface area contributed by atoms with Crippen molar-refractivity contribution in [1.82, 2.24) is 26.2 Å². The summed E-state index contributed by atoms with van der Waals surface area (Å²) in [6.07, 6.45) is 3.10. The number of rotatable bonds is 13. The van der Waals surface area contributed by atoms with Crippen molar-refractivity contribution in [2.24, 2.45) is 28.1 Å². The van der Waals surface area contributed by atoms with E-state index in [1.165, 1.54) is 11.0 Å². The fraction of sp³-hybridized carbons (Fsp3) is 0.771. The zero-order chi connectivity index (χ0) is 36.3. The molecule has 1 saturated heterocycles. The quantitative estimate of drug-likeness (QED) is 0.133. The fourth-order valence-electron chi connectivity index (χ4n) is 6.27. The van der Waals surface area contributed by atoms with E-state index in [0.717, 1.165) is 6.42 Å². The van der Waals surface area contributed by atoms with E-state index in [0.29, 0.717) is 13.0 Å². The fourth-order valence-corrected chi connectivity index (χ4v) is 6.27. The van der Waals surface area contributed by atoms with Crippen LogP contribution in [0.15, 0.2) is 12.7 Å². The van der Waals surface area contributed by atoms with Gasteiger partial charge < -0.3 is 30.9 Å². The standard InChI is InChI=1S/C35H59N5O7/c1-14-16-17-21(24(41)28(43)36-18-15-2)37-27(42)23-22-20(35(22,12)13)19-40(23)29(44)25(32(3,4)5)38-31(46)39-26(33(6,7)8)30(45)47-34(9,10)11/h15,20-23,25-26H,2,14,16-19H2,1,3-13H3,(H,36,43)(H,37,42)(H2,38,39,46)/t20-,21?,22?,23-,25+,26+/m0/s1. The first kappa shape index (κ1) is 39.7. The van der Waals surface area contributed by atoms with Crippen molar-refractivity contribution in [2.45, 2.75) is 132 Å². The van der Waals surface area contributed by atoms with Crippen LogP contribution in [0.2, 0.25) is 0 Å². The summed E-state index contributed by atoms with van der Waals surface area (Å²) >= 11 is 0. The Morgan fingerprint density at radius 1 is 0.915 bits per heavy atom. The molecule has 1 aliphatic heterocycles. The number of carbonyl (C=O) groups is 6. The molecular weight excluding hydrogens is 602 g/mol. The van der Waals surface area contributed by atoms with E-state index < -0.39 is 76.1 Å². The van der Waals surface area contributed by atoms with E-state index in [1.54, 1.807) is 41.5 Å². The second-order valence-corrected chi connectivity index (χ2v) is 16.7. The number of amides is 5. The molecule has 266 valence electrons. The van der Waals surface area contributed by atoms with Gasteiger partial charge in [0.2, 0.25) is 17.6 Å². The SMILES string of the molecule is C=CCNC(=O)C(=O)C(CCCC)NC(=O)[C@@H]1C2[C@H](CN1C(=O)[C@@H](NC(=O)N[C@H](C(=O)OC(C)(C)C)C(C)(C)C)C(C)(C)C)C2(C)C. The third kappa shape index (κ3) is 10.0. The average molecular weight is 662 g/mol. The maximum absolute atomic E-state index is 14.3. The van der Waals surface area contributed by atoms with Crippen LogP contribution in [0.5, 0.6) is 0 Å². The molecule has 1 aliphatic carbocycles. The monoisotopic (exact) mass is 661 g/mol. The topological polar surface area (TPSA) is 163 Å². The maximum atomic E-state index is 14.3. The molecule has 12 nitrogen and oxygen atoms in total. The largest absolute Gasteiger partial charge is 0.458 e. The Morgan fingerprint density at radius 2 is 1.47 bits per heavy atom. The summed E-state index contributed by atoms with van der Waals surface area (Å²) in [4.78, 5) is 81.8. The third-order valence-electron chi connectivity index (χ3n) is 9.04. The summed E-state index contributed by atoms with van der Waals surface area (Å²) < 4.78 is 5.56. The number of fused-ring (bicyclic) bond motifs is 1. The van der Waals surface area contributed by atoms with Gasteiger partial charge in [-0.1, -0.05) is 81.2 Å². The molecule has 1 saturated carbocycles. The van der Waals surface area contributed by atoms with E-state index in [-0.39, 0.29) is 30.2 Å². The van der Waals surface area contributed by atoms with Crippen LogP contribution >= 0.6 is 0 Å². The number of piperidine rings is 1. The Bertz CT molecular complexity index is 1220. The van der Waals surface area contributed by atoms with Crippen molar-refractivity contribution in [1.29, 1.82) is 0 Å².